The first-order chi connectivity index (χ1) is 5.77. The predicted molar refractivity (Wildman–Crippen MR) is 63.1 cm³/mol. The highest BCUT2D eigenvalue weighted by Gasteiger charge is 1.99. The Bertz CT molecular complexity index is 226. The Labute approximate surface area is 87.9 Å². The summed E-state index contributed by atoms with van der Waals surface area (Å²) in [6.07, 6.45) is 0. The zero-order valence-corrected chi connectivity index (χ0v) is 9.71. The maximum absolute atomic E-state index is 2.39. The molecule has 0 fully saturated rings. The molecule has 0 unspecified atom stereocenters. The lowest BCUT2D eigenvalue weighted by molar-refractivity contribution is 0.958. The Morgan fingerprint density at radius 1 is 1.25 bits per heavy atom. The van der Waals surface area contributed by atoms with Crippen molar-refractivity contribution < 1.29 is 0 Å². The third-order valence-electron chi connectivity index (χ3n) is 1.93. The average molecular weight is 275 g/mol. The van der Waals surface area contributed by atoms with E-state index in [1.54, 1.807) is 0 Å². The second-order valence-corrected chi connectivity index (χ2v) is 3.49. The van der Waals surface area contributed by atoms with Gasteiger partial charge in [-0.1, -0.05) is 40.3 Å². The Morgan fingerprint density at radius 2 is 1.83 bits per heavy atom. The van der Waals surface area contributed by atoms with Crippen LogP contribution in [0.2, 0.25) is 0 Å². The van der Waals surface area contributed by atoms with E-state index in [0.29, 0.717) is 0 Å². The van der Waals surface area contributed by atoms with Crippen LogP contribution in [0.15, 0.2) is 24.3 Å². The number of rotatable bonds is 3. The Kier molecular flexibility index (Phi) is 3.85. The summed E-state index contributed by atoms with van der Waals surface area (Å²) in [5, 5.41) is 0. The van der Waals surface area contributed by atoms with Crippen LogP contribution < -0.4 is 4.90 Å². The van der Waals surface area contributed by atoms with E-state index in [1.807, 2.05) is 0 Å². The quantitative estimate of drug-likeness (QED) is 0.465. The molecule has 0 N–H and O–H groups in total. The summed E-state index contributed by atoms with van der Waals surface area (Å²) in [7, 11) is 0. The van der Waals surface area contributed by atoms with Crippen LogP contribution in [0.25, 0.3) is 0 Å². The van der Waals surface area contributed by atoms with E-state index in [0.717, 1.165) is 11.1 Å². The molecule has 0 saturated carbocycles. The first-order valence-corrected chi connectivity index (χ1v) is 5.68. The van der Waals surface area contributed by atoms with Gasteiger partial charge in [0.05, 0.1) is 4.55 Å². The number of nitrogens with zero attached hydrogens (tertiary/aromatic N) is 1. The van der Waals surface area contributed by atoms with Crippen molar-refractivity contribution in [1.82, 2.24) is 0 Å². The molecule has 0 aromatic heterocycles. The summed E-state index contributed by atoms with van der Waals surface area (Å²) in [4.78, 5) is 2.33. The van der Waals surface area contributed by atoms with E-state index in [1.165, 1.54) is 11.3 Å². The molecule has 12 heavy (non-hydrogen) atoms. The molecular weight excluding hydrogens is 261 g/mol. The molecule has 0 aliphatic rings. The van der Waals surface area contributed by atoms with E-state index < -0.39 is 0 Å². The highest BCUT2D eigenvalue weighted by Crippen LogP contribution is 2.15. The normalized spacial score (nSPS) is 9.92. The maximum Gasteiger partial charge on any atom is 0.0699 e. The molecule has 0 amide bonds. The lowest BCUT2D eigenvalue weighted by Gasteiger charge is -2.19. The third-order valence-corrected chi connectivity index (χ3v) is 2.75. The molecule has 0 aliphatic carbocycles. The van der Waals surface area contributed by atoms with Crippen molar-refractivity contribution in [3.05, 3.63) is 29.8 Å². The molecule has 0 aliphatic heterocycles. The van der Waals surface area contributed by atoms with Crippen molar-refractivity contribution in [2.75, 3.05) is 16.0 Å². The number of aryl methyl sites for hydroxylation is 1. The van der Waals surface area contributed by atoms with Gasteiger partial charge in [-0.15, -0.1) is 0 Å². The minimum atomic E-state index is 1.05. The second-order valence-electron chi connectivity index (χ2n) is 2.81. The van der Waals surface area contributed by atoms with Gasteiger partial charge in [-0.2, -0.15) is 0 Å². The molecule has 2 heteroatoms. The second kappa shape index (κ2) is 4.70. The standard InChI is InChI=1S/C10H14IN/c1-3-12(8-11)10-6-4-9(2)5-7-10/h4-7H,3,8H2,1-2H3. The molecule has 0 radical (unpaired) electrons. The SMILES string of the molecule is CCN(CI)c1ccc(C)cc1. The van der Waals surface area contributed by atoms with Gasteiger partial charge in [0.25, 0.3) is 0 Å². The Hall–Kier alpha value is -0.250. The first-order valence-electron chi connectivity index (χ1n) is 4.15. The zero-order chi connectivity index (χ0) is 8.97. The highest BCUT2D eigenvalue weighted by molar-refractivity contribution is 14.1. The number of hydrogen-bond donors (Lipinski definition) is 0. The van der Waals surface area contributed by atoms with Crippen LogP contribution >= 0.6 is 22.6 Å². The van der Waals surface area contributed by atoms with Crippen molar-refractivity contribution in [2.45, 2.75) is 13.8 Å². The van der Waals surface area contributed by atoms with Crippen LogP contribution in [0.5, 0.6) is 0 Å². The fourth-order valence-corrected chi connectivity index (χ4v) is 1.97. The smallest absolute Gasteiger partial charge is 0.0699 e. The zero-order valence-electron chi connectivity index (χ0n) is 7.55. The minimum Gasteiger partial charge on any atom is -0.363 e. The molecule has 66 valence electrons. The van der Waals surface area contributed by atoms with Crippen LogP contribution in [-0.4, -0.2) is 11.1 Å². The molecule has 1 aromatic carbocycles. The van der Waals surface area contributed by atoms with Crippen LogP contribution in [0.3, 0.4) is 0 Å². The van der Waals surface area contributed by atoms with Gasteiger partial charge in [0, 0.05) is 12.2 Å². The van der Waals surface area contributed by atoms with Gasteiger partial charge in [-0.25, -0.2) is 0 Å². The number of hydrogen-bond acceptors (Lipinski definition) is 1. The molecule has 0 heterocycles. The van der Waals surface area contributed by atoms with E-state index in [-0.39, 0.29) is 0 Å². The van der Waals surface area contributed by atoms with Crippen molar-refractivity contribution in [3.8, 4) is 0 Å². The lowest BCUT2D eigenvalue weighted by atomic mass is 10.2. The molecule has 1 rings (SSSR count). The lowest BCUT2D eigenvalue weighted by Crippen LogP contribution is -2.19. The Balaban J connectivity index is 2.80. The van der Waals surface area contributed by atoms with Crippen LogP contribution in [-0.2, 0) is 0 Å². The fraction of sp³-hybridized carbons (Fsp3) is 0.400. The van der Waals surface area contributed by atoms with Gasteiger partial charge in [-0.3, -0.25) is 0 Å². The summed E-state index contributed by atoms with van der Waals surface area (Å²) < 4.78 is 1.05. The van der Waals surface area contributed by atoms with Gasteiger partial charge in [0.2, 0.25) is 0 Å². The van der Waals surface area contributed by atoms with Gasteiger partial charge in [0.15, 0.2) is 0 Å². The van der Waals surface area contributed by atoms with E-state index in [4.69, 9.17) is 0 Å². The van der Waals surface area contributed by atoms with Gasteiger partial charge in [-0.05, 0) is 26.0 Å². The molecule has 1 nitrogen and oxygen atoms in total. The van der Waals surface area contributed by atoms with Crippen LogP contribution in [0, 0.1) is 6.92 Å². The van der Waals surface area contributed by atoms with Gasteiger partial charge >= 0.3 is 0 Å². The monoisotopic (exact) mass is 275 g/mol. The van der Waals surface area contributed by atoms with Crippen LogP contribution in [0.1, 0.15) is 12.5 Å². The van der Waals surface area contributed by atoms with Crippen molar-refractivity contribution in [1.29, 1.82) is 0 Å². The molecule has 0 spiro atoms. The molecule has 0 saturated heterocycles. The fourth-order valence-electron chi connectivity index (χ4n) is 1.09. The number of halogens is 1. The summed E-state index contributed by atoms with van der Waals surface area (Å²) in [6, 6.07) is 8.67. The van der Waals surface area contributed by atoms with Gasteiger partial charge < -0.3 is 4.90 Å². The van der Waals surface area contributed by atoms with Gasteiger partial charge in [0.1, 0.15) is 0 Å². The Morgan fingerprint density at radius 3 is 2.25 bits per heavy atom. The van der Waals surface area contributed by atoms with Crippen LogP contribution in [0.4, 0.5) is 5.69 Å². The first kappa shape index (κ1) is 9.84. The summed E-state index contributed by atoms with van der Waals surface area (Å²) in [5.41, 5.74) is 2.64. The largest absolute Gasteiger partial charge is 0.363 e. The molecule has 0 bridgehead atoms. The van der Waals surface area contributed by atoms with Crippen molar-refractivity contribution in [3.63, 3.8) is 0 Å². The maximum atomic E-state index is 2.39. The highest BCUT2D eigenvalue weighted by atomic mass is 127. The molecule has 0 atom stereocenters. The predicted octanol–water partition coefficient (Wildman–Crippen LogP) is 3.21. The number of benzene rings is 1. The average Bonchev–Trinajstić information content (AvgIpc) is 2.10. The summed E-state index contributed by atoms with van der Waals surface area (Å²) in [5.74, 6) is 0. The van der Waals surface area contributed by atoms with E-state index >= 15 is 0 Å². The number of alkyl halides is 1. The summed E-state index contributed by atoms with van der Waals surface area (Å²) >= 11 is 2.39. The molecule has 1 aromatic rings. The van der Waals surface area contributed by atoms with Crippen molar-refractivity contribution in [2.24, 2.45) is 0 Å². The minimum absolute atomic E-state index is 1.05. The van der Waals surface area contributed by atoms with E-state index in [9.17, 15) is 0 Å². The summed E-state index contributed by atoms with van der Waals surface area (Å²) in [6.45, 7) is 5.37. The third kappa shape index (κ3) is 2.37. The number of anilines is 1. The van der Waals surface area contributed by atoms with E-state index in [2.05, 4.69) is 65.6 Å². The topological polar surface area (TPSA) is 3.24 Å². The van der Waals surface area contributed by atoms with Crippen molar-refractivity contribution >= 4 is 28.3 Å². The molecular formula is C10H14IN.